The number of amides is 1. The van der Waals surface area contributed by atoms with Crippen molar-refractivity contribution in [3.05, 3.63) is 6.33 Å². The molecule has 0 aromatic carbocycles. The van der Waals surface area contributed by atoms with E-state index in [1.165, 1.54) is 11.0 Å². The zero-order valence-corrected chi connectivity index (χ0v) is 11.5. The molecular formula is C11H20N4OS. The van der Waals surface area contributed by atoms with Crippen LogP contribution in [0.2, 0.25) is 0 Å². The van der Waals surface area contributed by atoms with Gasteiger partial charge in [0.2, 0.25) is 5.16 Å². The van der Waals surface area contributed by atoms with Crippen LogP contribution in [0.4, 0.5) is 4.79 Å². The summed E-state index contributed by atoms with van der Waals surface area (Å²) in [6.07, 6.45) is 3.80. The molecule has 0 N–H and O–H groups in total. The van der Waals surface area contributed by atoms with Gasteiger partial charge >= 0.3 is 6.03 Å². The van der Waals surface area contributed by atoms with Crippen molar-refractivity contribution in [1.82, 2.24) is 19.7 Å². The van der Waals surface area contributed by atoms with Crippen LogP contribution >= 0.6 is 11.8 Å². The van der Waals surface area contributed by atoms with Crippen LogP contribution in [0, 0.1) is 0 Å². The van der Waals surface area contributed by atoms with Crippen molar-refractivity contribution in [3.63, 3.8) is 0 Å². The van der Waals surface area contributed by atoms with Gasteiger partial charge in [-0.2, -0.15) is 4.68 Å². The number of aromatic nitrogens is 3. The first-order valence-electron chi connectivity index (χ1n) is 6.06. The minimum absolute atomic E-state index is 0.107. The van der Waals surface area contributed by atoms with E-state index in [0.717, 1.165) is 18.6 Å². The molecule has 0 unspecified atom stereocenters. The monoisotopic (exact) mass is 256 g/mol. The van der Waals surface area contributed by atoms with Crippen LogP contribution in [-0.2, 0) is 0 Å². The standard InChI is InChI=1S/C11H20N4OS/c1-4-7-8-17-10-12-9-15(13-10)11(16)14(5-2)6-3/h9H,4-8H2,1-3H3. The maximum Gasteiger partial charge on any atom is 0.346 e. The number of thioether (sulfide) groups is 1. The van der Waals surface area contributed by atoms with E-state index in [1.807, 2.05) is 13.8 Å². The first kappa shape index (κ1) is 14.0. The average Bonchev–Trinajstić information content (AvgIpc) is 2.79. The van der Waals surface area contributed by atoms with Crippen molar-refractivity contribution in [2.24, 2.45) is 0 Å². The first-order chi connectivity index (χ1) is 8.22. The summed E-state index contributed by atoms with van der Waals surface area (Å²) in [4.78, 5) is 17.8. The lowest BCUT2D eigenvalue weighted by Gasteiger charge is -2.17. The molecule has 96 valence electrons. The van der Waals surface area contributed by atoms with Crippen molar-refractivity contribution >= 4 is 17.8 Å². The van der Waals surface area contributed by atoms with Crippen molar-refractivity contribution < 1.29 is 4.79 Å². The van der Waals surface area contributed by atoms with Crippen LogP contribution in [-0.4, -0.2) is 44.5 Å². The largest absolute Gasteiger partial charge is 0.346 e. The van der Waals surface area contributed by atoms with E-state index in [1.54, 1.807) is 16.7 Å². The molecule has 1 heterocycles. The lowest BCUT2D eigenvalue weighted by molar-refractivity contribution is 0.201. The van der Waals surface area contributed by atoms with Crippen LogP contribution in [0.1, 0.15) is 33.6 Å². The summed E-state index contributed by atoms with van der Waals surface area (Å²) in [5.41, 5.74) is 0. The number of hydrogen-bond acceptors (Lipinski definition) is 4. The Hall–Kier alpha value is -1.04. The number of rotatable bonds is 6. The summed E-state index contributed by atoms with van der Waals surface area (Å²) in [5.74, 6) is 1.000. The Labute approximate surface area is 107 Å². The van der Waals surface area contributed by atoms with E-state index in [4.69, 9.17) is 0 Å². The minimum atomic E-state index is -0.107. The number of unbranched alkanes of at least 4 members (excludes halogenated alkanes) is 1. The number of hydrogen-bond donors (Lipinski definition) is 0. The highest BCUT2D eigenvalue weighted by Gasteiger charge is 2.13. The zero-order chi connectivity index (χ0) is 12.7. The molecule has 0 fully saturated rings. The van der Waals surface area contributed by atoms with E-state index in [0.29, 0.717) is 18.2 Å². The Morgan fingerprint density at radius 1 is 1.41 bits per heavy atom. The fraction of sp³-hybridized carbons (Fsp3) is 0.727. The summed E-state index contributed by atoms with van der Waals surface area (Å²) in [5, 5.41) is 4.86. The van der Waals surface area contributed by atoms with Gasteiger partial charge in [0.05, 0.1) is 0 Å². The summed E-state index contributed by atoms with van der Waals surface area (Å²) in [6.45, 7) is 7.43. The lowest BCUT2D eigenvalue weighted by Crippen LogP contribution is -2.34. The Bertz CT molecular complexity index is 349. The molecule has 0 radical (unpaired) electrons. The van der Waals surface area contributed by atoms with Gasteiger partial charge < -0.3 is 4.90 Å². The predicted molar refractivity (Wildman–Crippen MR) is 69.4 cm³/mol. The molecule has 1 rings (SSSR count). The highest BCUT2D eigenvalue weighted by Crippen LogP contribution is 2.13. The topological polar surface area (TPSA) is 51.0 Å². The van der Waals surface area contributed by atoms with E-state index >= 15 is 0 Å². The quantitative estimate of drug-likeness (QED) is 0.579. The fourth-order valence-electron chi connectivity index (χ4n) is 1.35. The molecule has 0 spiro atoms. The predicted octanol–water partition coefficient (Wildman–Crippen LogP) is 2.48. The maximum absolute atomic E-state index is 11.9. The second kappa shape index (κ2) is 7.32. The minimum Gasteiger partial charge on any atom is -0.323 e. The molecule has 17 heavy (non-hydrogen) atoms. The molecule has 1 aromatic heterocycles. The van der Waals surface area contributed by atoms with Crippen molar-refractivity contribution in [3.8, 4) is 0 Å². The van der Waals surface area contributed by atoms with Gasteiger partial charge in [0, 0.05) is 18.8 Å². The summed E-state index contributed by atoms with van der Waals surface area (Å²) < 4.78 is 1.32. The third-order valence-corrected chi connectivity index (χ3v) is 3.37. The number of nitrogens with zero attached hydrogens (tertiary/aromatic N) is 4. The van der Waals surface area contributed by atoms with Crippen LogP contribution in [0.15, 0.2) is 11.5 Å². The molecule has 0 saturated heterocycles. The van der Waals surface area contributed by atoms with Gasteiger partial charge in [0.25, 0.3) is 0 Å². The van der Waals surface area contributed by atoms with Gasteiger partial charge in [0.1, 0.15) is 6.33 Å². The molecule has 0 aliphatic carbocycles. The van der Waals surface area contributed by atoms with Crippen LogP contribution in [0.25, 0.3) is 0 Å². The molecule has 1 aromatic rings. The van der Waals surface area contributed by atoms with Crippen LogP contribution < -0.4 is 0 Å². The smallest absolute Gasteiger partial charge is 0.323 e. The zero-order valence-electron chi connectivity index (χ0n) is 10.7. The Morgan fingerprint density at radius 2 is 2.12 bits per heavy atom. The average molecular weight is 256 g/mol. The van der Waals surface area contributed by atoms with E-state index < -0.39 is 0 Å². The second-order valence-electron chi connectivity index (χ2n) is 3.63. The first-order valence-corrected chi connectivity index (χ1v) is 7.05. The summed E-state index contributed by atoms with van der Waals surface area (Å²) in [7, 11) is 0. The summed E-state index contributed by atoms with van der Waals surface area (Å²) in [6, 6.07) is -0.107. The van der Waals surface area contributed by atoms with Crippen molar-refractivity contribution in [2.45, 2.75) is 38.8 Å². The van der Waals surface area contributed by atoms with Crippen molar-refractivity contribution in [1.29, 1.82) is 0 Å². The van der Waals surface area contributed by atoms with Gasteiger partial charge in [-0.25, -0.2) is 9.78 Å². The molecule has 0 atom stereocenters. The van der Waals surface area contributed by atoms with E-state index in [2.05, 4.69) is 17.0 Å². The van der Waals surface area contributed by atoms with Crippen molar-refractivity contribution in [2.75, 3.05) is 18.8 Å². The number of carbonyl (C=O) groups excluding carboxylic acids is 1. The van der Waals surface area contributed by atoms with Gasteiger partial charge in [-0.05, 0) is 20.3 Å². The van der Waals surface area contributed by atoms with Crippen LogP contribution in [0.3, 0.4) is 0 Å². The molecule has 0 saturated carbocycles. The molecule has 0 bridgehead atoms. The van der Waals surface area contributed by atoms with Crippen LogP contribution in [0.5, 0.6) is 0 Å². The number of carbonyl (C=O) groups is 1. The van der Waals surface area contributed by atoms with Gasteiger partial charge in [-0.1, -0.05) is 25.1 Å². The molecule has 0 aliphatic rings. The second-order valence-corrected chi connectivity index (χ2v) is 4.69. The highest BCUT2D eigenvalue weighted by molar-refractivity contribution is 7.99. The third kappa shape index (κ3) is 4.03. The van der Waals surface area contributed by atoms with E-state index in [-0.39, 0.29) is 6.03 Å². The molecule has 6 heteroatoms. The Morgan fingerprint density at radius 3 is 2.71 bits per heavy atom. The van der Waals surface area contributed by atoms with Gasteiger partial charge in [0.15, 0.2) is 0 Å². The maximum atomic E-state index is 11.9. The van der Waals surface area contributed by atoms with E-state index in [9.17, 15) is 4.79 Å². The third-order valence-electron chi connectivity index (χ3n) is 2.43. The van der Waals surface area contributed by atoms with Gasteiger partial charge in [-0.3, -0.25) is 0 Å². The molecule has 1 amide bonds. The highest BCUT2D eigenvalue weighted by atomic mass is 32.2. The summed E-state index contributed by atoms with van der Waals surface area (Å²) >= 11 is 1.60. The normalized spacial score (nSPS) is 10.5. The SMILES string of the molecule is CCCCSc1ncn(C(=O)N(CC)CC)n1. The molecule has 5 nitrogen and oxygen atoms in total. The fourth-order valence-corrected chi connectivity index (χ4v) is 2.24. The Kier molecular flexibility index (Phi) is 6.04. The lowest BCUT2D eigenvalue weighted by atomic mass is 10.4. The Balaban J connectivity index is 2.57. The molecular weight excluding hydrogens is 236 g/mol. The molecule has 0 aliphatic heterocycles. The van der Waals surface area contributed by atoms with Gasteiger partial charge in [-0.15, -0.1) is 5.10 Å².